The molecule has 0 bridgehead atoms. The van der Waals surface area contributed by atoms with Gasteiger partial charge in [0.15, 0.2) is 0 Å². The molecule has 2 rings (SSSR count). The normalized spacial score (nSPS) is 10.3. The maximum atomic E-state index is 13.7. The van der Waals surface area contributed by atoms with Crippen molar-refractivity contribution in [3.63, 3.8) is 0 Å². The molecule has 21 heavy (non-hydrogen) atoms. The SMILES string of the molecule is COc1ccc(Br)c(C(=O)Nc2cc(F)c(Br)cc2F)c1. The van der Waals surface area contributed by atoms with Crippen LogP contribution in [0.1, 0.15) is 10.4 Å². The number of methoxy groups -OCH3 is 1. The molecule has 1 N–H and O–H groups in total. The molecule has 3 nitrogen and oxygen atoms in total. The zero-order valence-electron chi connectivity index (χ0n) is 10.7. The van der Waals surface area contributed by atoms with Crippen LogP contribution < -0.4 is 10.1 Å². The summed E-state index contributed by atoms with van der Waals surface area (Å²) in [7, 11) is 1.47. The standard InChI is InChI=1S/C14H9Br2F2NO2/c1-21-7-2-3-9(15)8(4-7)14(20)19-13-6-11(17)10(16)5-12(13)18/h2-6H,1H3,(H,19,20). The van der Waals surface area contributed by atoms with E-state index in [4.69, 9.17) is 4.74 Å². The highest BCUT2D eigenvalue weighted by molar-refractivity contribution is 9.10. The summed E-state index contributed by atoms with van der Waals surface area (Å²) >= 11 is 6.10. The minimum atomic E-state index is -0.740. The van der Waals surface area contributed by atoms with Gasteiger partial charge in [-0.1, -0.05) is 0 Å². The van der Waals surface area contributed by atoms with Crippen LogP contribution in [-0.2, 0) is 0 Å². The van der Waals surface area contributed by atoms with Gasteiger partial charge in [-0.25, -0.2) is 8.78 Å². The highest BCUT2D eigenvalue weighted by atomic mass is 79.9. The lowest BCUT2D eigenvalue weighted by Crippen LogP contribution is -2.14. The molecular formula is C14H9Br2F2NO2. The summed E-state index contributed by atoms with van der Waals surface area (Å²) in [6.45, 7) is 0. The summed E-state index contributed by atoms with van der Waals surface area (Å²) in [5.74, 6) is -1.51. The number of amides is 1. The number of benzene rings is 2. The predicted molar refractivity (Wildman–Crippen MR) is 82.7 cm³/mol. The van der Waals surface area contributed by atoms with E-state index in [-0.39, 0.29) is 15.7 Å². The fraction of sp³-hybridized carbons (Fsp3) is 0.0714. The van der Waals surface area contributed by atoms with Crippen molar-refractivity contribution in [3.8, 4) is 5.75 Å². The monoisotopic (exact) mass is 419 g/mol. The number of rotatable bonds is 3. The Morgan fingerprint density at radius 1 is 1.10 bits per heavy atom. The maximum Gasteiger partial charge on any atom is 0.257 e. The predicted octanol–water partition coefficient (Wildman–Crippen LogP) is 4.75. The van der Waals surface area contributed by atoms with Gasteiger partial charge in [-0.3, -0.25) is 4.79 Å². The van der Waals surface area contributed by atoms with Crippen LogP contribution in [0.15, 0.2) is 39.3 Å². The van der Waals surface area contributed by atoms with Crippen LogP contribution >= 0.6 is 31.9 Å². The third-order valence-electron chi connectivity index (χ3n) is 2.68. The van der Waals surface area contributed by atoms with Gasteiger partial charge in [-0.05, 0) is 56.1 Å². The number of hydrogen-bond donors (Lipinski definition) is 1. The van der Waals surface area contributed by atoms with Crippen LogP contribution in [-0.4, -0.2) is 13.0 Å². The lowest BCUT2D eigenvalue weighted by Gasteiger charge is -2.10. The molecule has 0 atom stereocenters. The highest BCUT2D eigenvalue weighted by Gasteiger charge is 2.15. The Hall–Kier alpha value is -1.47. The minimum Gasteiger partial charge on any atom is -0.497 e. The smallest absolute Gasteiger partial charge is 0.257 e. The summed E-state index contributed by atoms with van der Waals surface area (Å²) in [5, 5.41) is 2.33. The molecule has 110 valence electrons. The molecule has 0 aliphatic rings. The molecule has 2 aromatic rings. The summed E-state index contributed by atoms with van der Waals surface area (Å²) in [5.41, 5.74) is 0.00694. The van der Waals surface area contributed by atoms with Gasteiger partial charge >= 0.3 is 0 Å². The van der Waals surface area contributed by atoms with Crippen LogP contribution in [0.5, 0.6) is 5.75 Å². The van der Waals surface area contributed by atoms with Gasteiger partial charge in [0.1, 0.15) is 17.4 Å². The number of carbonyl (C=O) groups excluding carboxylic acids is 1. The molecule has 0 saturated carbocycles. The van der Waals surface area contributed by atoms with E-state index >= 15 is 0 Å². The van der Waals surface area contributed by atoms with Gasteiger partial charge in [0.25, 0.3) is 5.91 Å². The largest absolute Gasteiger partial charge is 0.497 e. The van der Waals surface area contributed by atoms with E-state index in [1.807, 2.05) is 0 Å². The first kappa shape index (κ1) is 15.9. The lowest BCUT2D eigenvalue weighted by atomic mass is 10.2. The first-order chi connectivity index (χ1) is 9.92. The third kappa shape index (κ3) is 3.59. The fourth-order valence-corrected chi connectivity index (χ4v) is 2.36. The second-order valence-corrected chi connectivity index (χ2v) is 5.75. The number of ether oxygens (including phenoxy) is 1. The Balaban J connectivity index is 2.32. The van der Waals surface area contributed by atoms with E-state index in [1.54, 1.807) is 12.1 Å². The Labute approximate surface area is 136 Å². The zero-order chi connectivity index (χ0) is 15.6. The van der Waals surface area contributed by atoms with E-state index in [1.165, 1.54) is 13.2 Å². The molecule has 2 aromatic carbocycles. The molecule has 0 spiro atoms. The number of carbonyl (C=O) groups is 1. The van der Waals surface area contributed by atoms with Gasteiger partial charge in [0.05, 0.1) is 22.8 Å². The van der Waals surface area contributed by atoms with Crippen molar-refractivity contribution in [2.24, 2.45) is 0 Å². The van der Waals surface area contributed by atoms with Crippen molar-refractivity contribution < 1.29 is 18.3 Å². The molecule has 0 heterocycles. The first-order valence-corrected chi connectivity index (χ1v) is 7.30. The van der Waals surface area contributed by atoms with Gasteiger partial charge in [-0.15, -0.1) is 0 Å². The van der Waals surface area contributed by atoms with Crippen LogP contribution in [0, 0.1) is 11.6 Å². The second-order valence-electron chi connectivity index (χ2n) is 4.05. The molecule has 0 radical (unpaired) electrons. The van der Waals surface area contributed by atoms with E-state index in [2.05, 4.69) is 37.2 Å². The molecule has 0 unspecified atom stereocenters. The Morgan fingerprint density at radius 3 is 2.48 bits per heavy atom. The van der Waals surface area contributed by atoms with Crippen molar-refractivity contribution in [1.82, 2.24) is 0 Å². The van der Waals surface area contributed by atoms with Gasteiger partial charge in [0, 0.05) is 10.5 Å². The molecular weight excluding hydrogens is 412 g/mol. The van der Waals surface area contributed by atoms with E-state index in [0.717, 1.165) is 12.1 Å². The minimum absolute atomic E-state index is 0.0134. The Kier molecular flexibility index (Phi) is 4.95. The summed E-state index contributed by atoms with van der Waals surface area (Å²) in [6.07, 6.45) is 0. The van der Waals surface area contributed by atoms with E-state index in [0.29, 0.717) is 10.2 Å². The third-order valence-corrected chi connectivity index (χ3v) is 3.98. The molecule has 1 amide bonds. The topological polar surface area (TPSA) is 38.3 Å². The first-order valence-electron chi connectivity index (χ1n) is 5.72. The van der Waals surface area contributed by atoms with Crippen molar-refractivity contribution in [1.29, 1.82) is 0 Å². The van der Waals surface area contributed by atoms with E-state index < -0.39 is 17.5 Å². The number of nitrogens with one attached hydrogen (secondary N) is 1. The van der Waals surface area contributed by atoms with Crippen LogP contribution in [0.25, 0.3) is 0 Å². The van der Waals surface area contributed by atoms with Crippen molar-refractivity contribution in [2.75, 3.05) is 12.4 Å². The van der Waals surface area contributed by atoms with Crippen molar-refractivity contribution >= 4 is 43.5 Å². The molecule has 7 heteroatoms. The summed E-state index contributed by atoms with van der Waals surface area (Å²) in [6, 6.07) is 6.65. The molecule has 0 aliphatic heterocycles. The summed E-state index contributed by atoms with van der Waals surface area (Å²) < 4.78 is 32.6. The van der Waals surface area contributed by atoms with Crippen LogP contribution in [0.4, 0.5) is 14.5 Å². The van der Waals surface area contributed by atoms with Crippen LogP contribution in [0.2, 0.25) is 0 Å². The van der Waals surface area contributed by atoms with Crippen molar-refractivity contribution in [3.05, 3.63) is 56.5 Å². The van der Waals surface area contributed by atoms with Crippen molar-refractivity contribution in [2.45, 2.75) is 0 Å². The quantitative estimate of drug-likeness (QED) is 0.727. The number of halogens is 4. The Bertz CT molecular complexity index is 708. The van der Waals surface area contributed by atoms with Gasteiger partial charge in [-0.2, -0.15) is 0 Å². The number of anilines is 1. The summed E-state index contributed by atoms with van der Waals surface area (Å²) in [4.78, 5) is 12.2. The molecule has 0 saturated heterocycles. The molecule has 0 aliphatic carbocycles. The van der Waals surface area contributed by atoms with E-state index in [9.17, 15) is 13.6 Å². The van der Waals surface area contributed by atoms with Gasteiger partial charge in [0.2, 0.25) is 0 Å². The molecule has 0 fully saturated rings. The van der Waals surface area contributed by atoms with Gasteiger partial charge < -0.3 is 10.1 Å². The zero-order valence-corrected chi connectivity index (χ0v) is 13.9. The Morgan fingerprint density at radius 2 is 1.81 bits per heavy atom. The highest BCUT2D eigenvalue weighted by Crippen LogP contribution is 2.26. The molecule has 0 aromatic heterocycles. The fourth-order valence-electron chi connectivity index (χ4n) is 1.61. The second kappa shape index (κ2) is 6.53. The number of hydrogen-bond acceptors (Lipinski definition) is 2. The average molecular weight is 421 g/mol. The average Bonchev–Trinajstić information content (AvgIpc) is 2.45. The maximum absolute atomic E-state index is 13.7. The lowest BCUT2D eigenvalue weighted by molar-refractivity contribution is 0.102. The van der Waals surface area contributed by atoms with Crippen LogP contribution in [0.3, 0.4) is 0 Å².